The van der Waals surface area contributed by atoms with Crippen LogP contribution in [-0.2, 0) is 0 Å². The van der Waals surface area contributed by atoms with Crippen molar-refractivity contribution in [2.45, 2.75) is 0 Å². The van der Waals surface area contributed by atoms with Gasteiger partial charge in [-0.25, -0.2) is 4.98 Å². The van der Waals surface area contributed by atoms with Crippen LogP contribution in [0.3, 0.4) is 0 Å². The Kier molecular flexibility index (Phi) is 3.05. The highest BCUT2D eigenvalue weighted by atomic mass is 79.9. The molecule has 0 bridgehead atoms. The number of carbonyl (C=O) groups excluding carboxylic acids is 1. The summed E-state index contributed by atoms with van der Waals surface area (Å²) in [4.78, 5) is 19.4. The van der Waals surface area contributed by atoms with Crippen molar-refractivity contribution in [1.82, 2.24) is 9.97 Å². The molecule has 2 heterocycles. The second-order valence-corrected chi connectivity index (χ2v) is 4.98. The van der Waals surface area contributed by atoms with Gasteiger partial charge in [0.1, 0.15) is 5.82 Å². The summed E-state index contributed by atoms with van der Waals surface area (Å²) in [5.74, 6) is 0.353. The van der Waals surface area contributed by atoms with Crippen LogP contribution >= 0.6 is 15.9 Å². The maximum Gasteiger partial charge on any atom is 0.258 e. The summed E-state index contributed by atoms with van der Waals surface area (Å²) in [5, 5.41) is 3.67. The van der Waals surface area contributed by atoms with Crippen LogP contribution in [0.25, 0.3) is 10.9 Å². The molecule has 0 aliphatic rings. The van der Waals surface area contributed by atoms with E-state index in [1.165, 1.54) is 0 Å². The Bertz CT molecular complexity index is 734. The highest BCUT2D eigenvalue weighted by Crippen LogP contribution is 2.19. The van der Waals surface area contributed by atoms with Gasteiger partial charge in [0.05, 0.1) is 5.56 Å². The number of fused-ring (bicyclic) bond motifs is 1. The molecule has 0 radical (unpaired) electrons. The van der Waals surface area contributed by atoms with Crippen molar-refractivity contribution >= 4 is 38.6 Å². The van der Waals surface area contributed by atoms with E-state index in [0.29, 0.717) is 11.4 Å². The molecule has 94 valence electrons. The van der Waals surface area contributed by atoms with E-state index >= 15 is 0 Å². The van der Waals surface area contributed by atoms with E-state index in [1.807, 2.05) is 30.3 Å². The number of pyridine rings is 1. The largest absolute Gasteiger partial charge is 0.360 e. The van der Waals surface area contributed by atoms with Gasteiger partial charge in [-0.3, -0.25) is 4.79 Å². The normalized spacial score (nSPS) is 10.6. The standard InChI is InChI=1S/C14H10BrN3O/c15-9-5-6-13(17-7-9)18-14(19)11-8-16-12-4-2-1-3-10(11)12/h1-8,16H,(H,17,18,19). The van der Waals surface area contributed by atoms with Crippen LogP contribution in [0, 0.1) is 0 Å². The summed E-state index contributed by atoms with van der Waals surface area (Å²) in [6.07, 6.45) is 3.35. The molecule has 0 saturated carbocycles. The number of H-pyrrole nitrogens is 1. The fourth-order valence-corrected chi connectivity index (χ4v) is 2.13. The number of carbonyl (C=O) groups is 1. The van der Waals surface area contributed by atoms with Crippen molar-refractivity contribution < 1.29 is 4.79 Å². The number of aromatic nitrogens is 2. The molecule has 1 aromatic carbocycles. The Balaban J connectivity index is 1.90. The number of amides is 1. The molecule has 0 saturated heterocycles. The average molecular weight is 316 g/mol. The minimum absolute atomic E-state index is 0.174. The third kappa shape index (κ3) is 2.37. The molecule has 0 fully saturated rings. The summed E-state index contributed by atoms with van der Waals surface area (Å²) < 4.78 is 0.873. The SMILES string of the molecule is O=C(Nc1ccc(Br)cn1)c1c[nH]c2ccccc12. The summed E-state index contributed by atoms with van der Waals surface area (Å²) in [6, 6.07) is 11.3. The lowest BCUT2D eigenvalue weighted by Crippen LogP contribution is -2.12. The van der Waals surface area contributed by atoms with Crippen LogP contribution in [0.4, 0.5) is 5.82 Å². The molecule has 1 amide bonds. The van der Waals surface area contributed by atoms with E-state index in [-0.39, 0.29) is 5.91 Å². The van der Waals surface area contributed by atoms with Gasteiger partial charge in [0.15, 0.2) is 0 Å². The van der Waals surface area contributed by atoms with E-state index in [9.17, 15) is 4.79 Å². The average Bonchev–Trinajstić information content (AvgIpc) is 2.85. The lowest BCUT2D eigenvalue weighted by Gasteiger charge is -2.03. The lowest BCUT2D eigenvalue weighted by molar-refractivity contribution is 0.102. The summed E-state index contributed by atoms with van der Waals surface area (Å²) in [7, 11) is 0. The van der Waals surface area contributed by atoms with Gasteiger partial charge < -0.3 is 10.3 Å². The number of halogens is 1. The molecule has 3 aromatic rings. The molecule has 3 rings (SSSR count). The van der Waals surface area contributed by atoms with Gasteiger partial charge in [-0.15, -0.1) is 0 Å². The van der Waals surface area contributed by atoms with Crippen molar-refractivity contribution in [3.63, 3.8) is 0 Å². The number of hydrogen-bond donors (Lipinski definition) is 2. The van der Waals surface area contributed by atoms with Gasteiger partial charge in [0, 0.05) is 27.8 Å². The zero-order valence-corrected chi connectivity index (χ0v) is 11.4. The second kappa shape index (κ2) is 4.85. The molecule has 0 unspecified atom stereocenters. The fourth-order valence-electron chi connectivity index (χ4n) is 1.89. The van der Waals surface area contributed by atoms with Gasteiger partial charge in [-0.1, -0.05) is 18.2 Å². The number of nitrogens with one attached hydrogen (secondary N) is 2. The van der Waals surface area contributed by atoms with Gasteiger partial charge in [0.25, 0.3) is 5.91 Å². The summed E-state index contributed by atoms with van der Waals surface area (Å²) in [5.41, 5.74) is 1.55. The first-order valence-corrected chi connectivity index (χ1v) is 6.52. The molecule has 5 heteroatoms. The molecule has 0 atom stereocenters. The van der Waals surface area contributed by atoms with Crippen LogP contribution in [0.1, 0.15) is 10.4 Å². The second-order valence-electron chi connectivity index (χ2n) is 4.06. The third-order valence-electron chi connectivity index (χ3n) is 2.80. The number of hydrogen-bond acceptors (Lipinski definition) is 2. The van der Waals surface area contributed by atoms with Crippen LogP contribution < -0.4 is 5.32 Å². The topological polar surface area (TPSA) is 57.8 Å². The van der Waals surface area contributed by atoms with Gasteiger partial charge in [-0.2, -0.15) is 0 Å². The van der Waals surface area contributed by atoms with Gasteiger partial charge in [-0.05, 0) is 34.1 Å². The number of rotatable bonds is 2. The zero-order chi connectivity index (χ0) is 13.2. The molecule has 2 N–H and O–H groups in total. The number of para-hydroxylation sites is 1. The molecular weight excluding hydrogens is 306 g/mol. The van der Waals surface area contributed by atoms with E-state index in [1.54, 1.807) is 18.5 Å². The highest BCUT2D eigenvalue weighted by Gasteiger charge is 2.11. The first kappa shape index (κ1) is 11.9. The Labute approximate surface area is 118 Å². The van der Waals surface area contributed by atoms with Crippen molar-refractivity contribution in [1.29, 1.82) is 0 Å². The molecule has 0 aliphatic carbocycles. The first-order valence-electron chi connectivity index (χ1n) is 5.73. The third-order valence-corrected chi connectivity index (χ3v) is 3.27. The zero-order valence-electron chi connectivity index (χ0n) is 9.85. The van der Waals surface area contributed by atoms with E-state index in [2.05, 4.69) is 31.2 Å². The van der Waals surface area contributed by atoms with Crippen LogP contribution in [0.2, 0.25) is 0 Å². The van der Waals surface area contributed by atoms with Crippen molar-refractivity contribution in [2.75, 3.05) is 5.32 Å². The van der Waals surface area contributed by atoms with E-state index in [0.717, 1.165) is 15.4 Å². The minimum atomic E-state index is -0.174. The van der Waals surface area contributed by atoms with Crippen LogP contribution in [0.5, 0.6) is 0 Å². The predicted molar refractivity (Wildman–Crippen MR) is 78.2 cm³/mol. The summed E-state index contributed by atoms with van der Waals surface area (Å²) in [6.45, 7) is 0. The smallest absolute Gasteiger partial charge is 0.258 e. The maximum absolute atomic E-state index is 12.2. The minimum Gasteiger partial charge on any atom is -0.360 e. The first-order chi connectivity index (χ1) is 9.24. The maximum atomic E-state index is 12.2. The Morgan fingerprint density at radius 3 is 2.84 bits per heavy atom. The Morgan fingerprint density at radius 2 is 2.05 bits per heavy atom. The van der Waals surface area contributed by atoms with Gasteiger partial charge >= 0.3 is 0 Å². The molecule has 2 aromatic heterocycles. The van der Waals surface area contributed by atoms with Crippen molar-refractivity contribution in [2.24, 2.45) is 0 Å². The molecule has 0 aliphatic heterocycles. The highest BCUT2D eigenvalue weighted by molar-refractivity contribution is 9.10. The van der Waals surface area contributed by atoms with Crippen LogP contribution in [0.15, 0.2) is 53.3 Å². The summed E-state index contributed by atoms with van der Waals surface area (Å²) >= 11 is 3.30. The van der Waals surface area contributed by atoms with Gasteiger partial charge in [0.2, 0.25) is 0 Å². The number of anilines is 1. The monoisotopic (exact) mass is 315 g/mol. The van der Waals surface area contributed by atoms with Crippen molar-refractivity contribution in [3.8, 4) is 0 Å². The Hall–Kier alpha value is -2.14. The van der Waals surface area contributed by atoms with Crippen molar-refractivity contribution in [3.05, 3.63) is 58.8 Å². The number of nitrogens with zero attached hydrogens (tertiary/aromatic N) is 1. The van der Waals surface area contributed by atoms with Crippen LogP contribution in [-0.4, -0.2) is 15.9 Å². The van der Waals surface area contributed by atoms with E-state index < -0.39 is 0 Å². The molecule has 0 spiro atoms. The fraction of sp³-hybridized carbons (Fsp3) is 0. The number of aromatic amines is 1. The molecule has 19 heavy (non-hydrogen) atoms. The predicted octanol–water partition coefficient (Wildman–Crippen LogP) is 3.58. The molecular formula is C14H10BrN3O. The lowest BCUT2D eigenvalue weighted by atomic mass is 10.1. The molecule has 4 nitrogen and oxygen atoms in total. The Morgan fingerprint density at radius 1 is 1.21 bits per heavy atom. The van der Waals surface area contributed by atoms with E-state index in [4.69, 9.17) is 0 Å². The quantitative estimate of drug-likeness (QED) is 0.759. The number of benzene rings is 1.